The number of carbonyl (C=O) groups is 2. The molecule has 4 amide bonds. The SMILES string of the molecule is COCCNC(=O)NCc1cccc(NC(=O)NC2CC2)c1. The number of anilines is 1. The number of hydrogen-bond donors (Lipinski definition) is 4. The lowest BCUT2D eigenvalue weighted by molar-refractivity contribution is 0.196. The number of urea groups is 2. The summed E-state index contributed by atoms with van der Waals surface area (Å²) in [5, 5.41) is 11.1. The van der Waals surface area contributed by atoms with Crippen molar-refractivity contribution in [1.29, 1.82) is 0 Å². The van der Waals surface area contributed by atoms with Gasteiger partial charge in [0.15, 0.2) is 0 Å². The van der Waals surface area contributed by atoms with Crippen molar-refractivity contribution in [3.8, 4) is 0 Å². The van der Waals surface area contributed by atoms with Gasteiger partial charge in [-0.25, -0.2) is 9.59 Å². The third kappa shape index (κ3) is 6.01. The Kier molecular flexibility index (Phi) is 6.02. The molecular formula is C15H22N4O3. The molecule has 0 unspecified atom stereocenters. The second-order valence-electron chi connectivity index (χ2n) is 5.18. The largest absolute Gasteiger partial charge is 0.383 e. The Hall–Kier alpha value is -2.28. The van der Waals surface area contributed by atoms with Crippen molar-refractivity contribution in [3.05, 3.63) is 29.8 Å². The summed E-state index contributed by atoms with van der Waals surface area (Å²) in [7, 11) is 1.58. The Morgan fingerprint density at radius 1 is 1.23 bits per heavy atom. The van der Waals surface area contributed by atoms with E-state index in [0.717, 1.165) is 18.4 Å². The maximum absolute atomic E-state index is 11.7. The first-order chi connectivity index (χ1) is 10.7. The van der Waals surface area contributed by atoms with Crippen LogP contribution in [0.2, 0.25) is 0 Å². The first-order valence-electron chi connectivity index (χ1n) is 7.34. The molecule has 0 saturated heterocycles. The summed E-state index contributed by atoms with van der Waals surface area (Å²) in [6.45, 7) is 1.33. The molecule has 2 rings (SSSR count). The summed E-state index contributed by atoms with van der Waals surface area (Å²) >= 11 is 0. The average molecular weight is 306 g/mol. The Balaban J connectivity index is 1.75. The van der Waals surface area contributed by atoms with Gasteiger partial charge in [0.25, 0.3) is 0 Å². The third-order valence-corrected chi connectivity index (χ3v) is 3.14. The standard InChI is InChI=1S/C15H22N4O3/c1-22-8-7-16-14(20)17-10-11-3-2-4-13(9-11)19-15(21)18-12-5-6-12/h2-4,9,12H,5-8,10H2,1H3,(H2,16,17,20)(H2,18,19,21). The van der Waals surface area contributed by atoms with Crippen LogP contribution in [-0.4, -0.2) is 38.4 Å². The van der Waals surface area contributed by atoms with Crippen LogP contribution in [0.25, 0.3) is 0 Å². The van der Waals surface area contributed by atoms with Gasteiger partial charge in [-0.15, -0.1) is 0 Å². The predicted octanol–water partition coefficient (Wildman–Crippen LogP) is 1.42. The number of benzene rings is 1. The zero-order chi connectivity index (χ0) is 15.8. The van der Waals surface area contributed by atoms with E-state index in [4.69, 9.17) is 4.74 Å². The van der Waals surface area contributed by atoms with Crippen LogP contribution < -0.4 is 21.3 Å². The van der Waals surface area contributed by atoms with E-state index in [9.17, 15) is 9.59 Å². The van der Waals surface area contributed by atoms with E-state index in [2.05, 4.69) is 21.3 Å². The molecule has 0 aromatic heterocycles. The Morgan fingerprint density at radius 3 is 2.77 bits per heavy atom. The second kappa shape index (κ2) is 8.23. The van der Waals surface area contributed by atoms with Crippen LogP contribution in [0.4, 0.5) is 15.3 Å². The fourth-order valence-electron chi connectivity index (χ4n) is 1.85. The van der Waals surface area contributed by atoms with E-state index in [-0.39, 0.29) is 12.1 Å². The van der Waals surface area contributed by atoms with Crippen molar-refractivity contribution in [2.45, 2.75) is 25.4 Å². The van der Waals surface area contributed by atoms with Gasteiger partial charge in [0, 0.05) is 31.9 Å². The highest BCUT2D eigenvalue weighted by Gasteiger charge is 2.23. The summed E-state index contributed by atoms with van der Waals surface area (Å²) in [6, 6.07) is 7.26. The molecule has 1 aliphatic rings. The highest BCUT2D eigenvalue weighted by atomic mass is 16.5. The van der Waals surface area contributed by atoms with E-state index in [0.29, 0.717) is 31.4 Å². The predicted molar refractivity (Wildman–Crippen MR) is 83.7 cm³/mol. The normalized spacial score (nSPS) is 13.3. The summed E-state index contributed by atoms with van der Waals surface area (Å²) < 4.78 is 4.85. The quantitative estimate of drug-likeness (QED) is 0.574. The van der Waals surface area contributed by atoms with Crippen LogP contribution in [0, 0.1) is 0 Å². The van der Waals surface area contributed by atoms with E-state index >= 15 is 0 Å². The molecule has 1 aromatic rings. The molecule has 1 aliphatic carbocycles. The van der Waals surface area contributed by atoms with Crippen LogP contribution in [0.3, 0.4) is 0 Å². The molecule has 1 fully saturated rings. The first kappa shape index (κ1) is 16.1. The molecule has 0 radical (unpaired) electrons. The first-order valence-corrected chi connectivity index (χ1v) is 7.34. The number of carbonyl (C=O) groups excluding carboxylic acids is 2. The van der Waals surface area contributed by atoms with E-state index in [1.54, 1.807) is 7.11 Å². The molecule has 1 saturated carbocycles. The molecule has 4 N–H and O–H groups in total. The molecular weight excluding hydrogens is 284 g/mol. The minimum absolute atomic E-state index is 0.190. The summed E-state index contributed by atoms with van der Waals surface area (Å²) in [5.74, 6) is 0. The average Bonchev–Trinajstić information content (AvgIpc) is 3.29. The summed E-state index contributed by atoms with van der Waals surface area (Å²) in [4.78, 5) is 23.2. The van der Waals surface area contributed by atoms with Gasteiger partial charge >= 0.3 is 12.1 Å². The van der Waals surface area contributed by atoms with Gasteiger partial charge in [0.1, 0.15) is 0 Å². The number of hydrogen-bond acceptors (Lipinski definition) is 3. The maximum atomic E-state index is 11.7. The monoisotopic (exact) mass is 306 g/mol. The lowest BCUT2D eigenvalue weighted by Gasteiger charge is -2.10. The van der Waals surface area contributed by atoms with E-state index in [1.807, 2.05) is 24.3 Å². The van der Waals surface area contributed by atoms with Gasteiger partial charge in [-0.2, -0.15) is 0 Å². The molecule has 0 heterocycles. The van der Waals surface area contributed by atoms with Crippen molar-refractivity contribution in [1.82, 2.24) is 16.0 Å². The molecule has 7 nitrogen and oxygen atoms in total. The third-order valence-electron chi connectivity index (χ3n) is 3.14. The van der Waals surface area contributed by atoms with Gasteiger partial charge in [-0.3, -0.25) is 0 Å². The lowest BCUT2D eigenvalue weighted by atomic mass is 10.2. The zero-order valence-electron chi connectivity index (χ0n) is 12.6. The van der Waals surface area contributed by atoms with Gasteiger partial charge in [-0.1, -0.05) is 12.1 Å². The molecule has 0 spiro atoms. The molecule has 1 aromatic carbocycles. The van der Waals surface area contributed by atoms with Gasteiger partial charge in [-0.05, 0) is 30.5 Å². The molecule has 0 atom stereocenters. The summed E-state index contributed by atoms with van der Waals surface area (Å²) in [6.07, 6.45) is 2.10. The Bertz CT molecular complexity index is 517. The van der Waals surface area contributed by atoms with Crippen molar-refractivity contribution >= 4 is 17.7 Å². The van der Waals surface area contributed by atoms with Crippen LogP contribution in [-0.2, 0) is 11.3 Å². The zero-order valence-corrected chi connectivity index (χ0v) is 12.6. The molecule has 22 heavy (non-hydrogen) atoms. The minimum atomic E-state index is -0.248. The van der Waals surface area contributed by atoms with Crippen LogP contribution in [0.15, 0.2) is 24.3 Å². The van der Waals surface area contributed by atoms with Crippen LogP contribution in [0.5, 0.6) is 0 Å². The minimum Gasteiger partial charge on any atom is -0.383 e. The number of rotatable bonds is 7. The molecule has 120 valence electrons. The number of ether oxygens (including phenoxy) is 1. The van der Waals surface area contributed by atoms with Crippen LogP contribution >= 0.6 is 0 Å². The molecule has 0 bridgehead atoms. The number of methoxy groups -OCH3 is 1. The van der Waals surface area contributed by atoms with E-state index in [1.165, 1.54) is 0 Å². The molecule has 7 heteroatoms. The van der Waals surface area contributed by atoms with Crippen molar-refractivity contribution in [3.63, 3.8) is 0 Å². The van der Waals surface area contributed by atoms with Gasteiger partial charge < -0.3 is 26.0 Å². The lowest BCUT2D eigenvalue weighted by Crippen LogP contribution is -2.36. The number of amides is 4. The summed E-state index contributed by atoms with van der Waals surface area (Å²) in [5.41, 5.74) is 1.61. The van der Waals surface area contributed by atoms with Crippen molar-refractivity contribution in [2.24, 2.45) is 0 Å². The number of nitrogens with one attached hydrogen (secondary N) is 4. The van der Waals surface area contributed by atoms with Crippen molar-refractivity contribution < 1.29 is 14.3 Å². The molecule has 0 aliphatic heterocycles. The maximum Gasteiger partial charge on any atom is 0.319 e. The Labute approximate surface area is 129 Å². The van der Waals surface area contributed by atoms with E-state index < -0.39 is 0 Å². The second-order valence-corrected chi connectivity index (χ2v) is 5.18. The highest BCUT2D eigenvalue weighted by Crippen LogP contribution is 2.19. The van der Waals surface area contributed by atoms with Gasteiger partial charge in [0.05, 0.1) is 6.61 Å². The Morgan fingerprint density at radius 2 is 2.05 bits per heavy atom. The fraction of sp³-hybridized carbons (Fsp3) is 0.467. The van der Waals surface area contributed by atoms with Crippen molar-refractivity contribution in [2.75, 3.05) is 25.6 Å². The topological polar surface area (TPSA) is 91.5 Å². The fourth-order valence-corrected chi connectivity index (χ4v) is 1.85. The van der Waals surface area contributed by atoms with Crippen LogP contribution in [0.1, 0.15) is 18.4 Å². The smallest absolute Gasteiger partial charge is 0.319 e. The van der Waals surface area contributed by atoms with Gasteiger partial charge in [0.2, 0.25) is 0 Å². The highest BCUT2D eigenvalue weighted by molar-refractivity contribution is 5.89.